The number of hydrogen-bond donors (Lipinski definition) is 2. The van der Waals surface area contributed by atoms with Gasteiger partial charge < -0.3 is 20.6 Å². The highest BCUT2D eigenvalue weighted by Gasteiger charge is 2.17. The molecule has 0 amide bonds. The standard InChI is InChI=1S/C18H28N2O2/c1-22-18-8-4-7-17(16(18)11-19)20-12-15(13-21)10-9-14-5-2-3-6-14/h4,7-8,13-15,20H,2-3,5-6,9-12,19H2,1H3. The molecule has 2 rings (SSSR count). The Morgan fingerprint density at radius 1 is 1.41 bits per heavy atom. The van der Waals surface area contributed by atoms with Crippen molar-refractivity contribution in [1.29, 1.82) is 0 Å². The maximum Gasteiger partial charge on any atom is 0.125 e. The first-order chi connectivity index (χ1) is 10.8. The topological polar surface area (TPSA) is 64.3 Å². The number of methoxy groups -OCH3 is 1. The van der Waals surface area contributed by atoms with E-state index in [1.807, 2.05) is 18.2 Å². The molecular weight excluding hydrogens is 276 g/mol. The number of rotatable bonds is 9. The van der Waals surface area contributed by atoms with Crippen molar-refractivity contribution in [3.8, 4) is 5.75 Å². The zero-order chi connectivity index (χ0) is 15.8. The lowest BCUT2D eigenvalue weighted by Gasteiger charge is -2.18. The minimum Gasteiger partial charge on any atom is -0.496 e. The molecular formula is C18H28N2O2. The lowest BCUT2D eigenvalue weighted by atomic mass is 9.95. The highest BCUT2D eigenvalue weighted by molar-refractivity contribution is 5.60. The van der Waals surface area contributed by atoms with E-state index >= 15 is 0 Å². The van der Waals surface area contributed by atoms with Crippen LogP contribution >= 0.6 is 0 Å². The van der Waals surface area contributed by atoms with Crippen molar-refractivity contribution < 1.29 is 9.53 Å². The fourth-order valence-electron chi connectivity index (χ4n) is 3.34. The third-order valence-electron chi connectivity index (χ3n) is 4.72. The van der Waals surface area contributed by atoms with E-state index in [1.165, 1.54) is 32.1 Å². The Hall–Kier alpha value is -1.55. The molecule has 1 aliphatic carbocycles. The summed E-state index contributed by atoms with van der Waals surface area (Å²) in [6.45, 7) is 1.08. The van der Waals surface area contributed by atoms with E-state index in [0.29, 0.717) is 13.1 Å². The van der Waals surface area contributed by atoms with Gasteiger partial charge in [0.1, 0.15) is 12.0 Å². The first-order valence-electron chi connectivity index (χ1n) is 8.33. The van der Waals surface area contributed by atoms with E-state index in [2.05, 4.69) is 5.32 Å². The molecule has 1 aromatic rings. The maximum atomic E-state index is 11.3. The van der Waals surface area contributed by atoms with E-state index < -0.39 is 0 Å². The number of nitrogens with one attached hydrogen (secondary N) is 1. The molecule has 0 bridgehead atoms. The summed E-state index contributed by atoms with van der Waals surface area (Å²) < 4.78 is 5.34. The number of anilines is 1. The summed E-state index contributed by atoms with van der Waals surface area (Å²) >= 11 is 0. The minimum absolute atomic E-state index is 0.0671. The van der Waals surface area contributed by atoms with E-state index in [0.717, 1.165) is 35.6 Å². The molecule has 0 radical (unpaired) electrons. The summed E-state index contributed by atoms with van der Waals surface area (Å²) in [6.07, 6.45) is 8.63. The van der Waals surface area contributed by atoms with Crippen LogP contribution in [-0.2, 0) is 11.3 Å². The van der Waals surface area contributed by atoms with Crippen LogP contribution < -0.4 is 15.8 Å². The lowest BCUT2D eigenvalue weighted by Crippen LogP contribution is -2.18. The molecule has 1 saturated carbocycles. The summed E-state index contributed by atoms with van der Waals surface area (Å²) in [5.74, 6) is 1.69. The second-order valence-electron chi connectivity index (χ2n) is 6.20. The van der Waals surface area contributed by atoms with E-state index in [-0.39, 0.29) is 5.92 Å². The average molecular weight is 304 g/mol. The third-order valence-corrected chi connectivity index (χ3v) is 4.72. The smallest absolute Gasteiger partial charge is 0.125 e. The largest absolute Gasteiger partial charge is 0.496 e. The molecule has 1 unspecified atom stereocenters. The van der Waals surface area contributed by atoms with Crippen molar-refractivity contribution in [2.75, 3.05) is 19.0 Å². The Balaban J connectivity index is 1.88. The molecule has 1 aromatic carbocycles. The van der Waals surface area contributed by atoms with Crippen LogP contribution in [0.25, 0.3) is 0 Å². The van der Waals surface area contributed by atoms with Crippen LogP contribution in [0.2, 0.25) is 0 Å². The zero-order valence-corrected chi connectivity index (χ0v) is 13.5. The average Bonchev–Trinajstić information content (AvgIpc) is 3.08. The number of carbonyl (C=O) groups is 1. The molecule has 4 nitrogen and oxygen atoms in total. The van der Waals surface area contributed by atoms with Gasteiger partial charge in [-0.2, -0.15) is 0 Å². The predicted octanol–water partition coefficient (Wildman–Crippen LogP) is 3.35. The van der Waals surface area contributed by atoms with Gasteiger partial charge in [0.25, 0.3) is 0 Å². The molecule has 0 heterocycles. The fraction of sp³-hybridized carbons (Fsp3) is 0.611. The molecule has 0 aliphatic heterocycles. The van der Waals surface area contributed by atoms with Gasteiger partial charge in [-0.1, -0.05) is 31.7 Å². The second-order valence-corrected chi connectivity index (χ2v) is 6.20. The Labute approximate surface area is 133 Å². The van der Waals surface area contributed by atoms with Gasteiger partial charge in [0.2, 0.25) is 0 Å². The van der Waals surface area contributed by atoms with E-state index in [9.17, 15) is 4.79 Å². The highest BCUT2D eigenvalue weighted by atomic mass is 16.5. The molecule has 3 N–H and O–H groups in total. The monoisotopic (exact) mass is 304 g/mol. The van der Waals surface area contributed by atoms with Crippen molar-refractivity contribution in [2.45, 2.75) is 45.1 Å². The summed E-state index contributed by atoms with van der Waals surface area (Å²) in [4.78, 5) is 11.3. The van der Waals surface area contributed by atoms with Crippen LogP contribution in [0.5, 0.6) is 5.75 Å². The quantitative estimate of drug-likeness (QED) is 0.687. The van der Waals surface area contributed by atoms with Crippen LogP contribution in [0.15, 0.2) is 18.2 Å². The van der Waals surface area contributed by atoms with Crippen LogP contribution in [0.4, 0.5) is 5.69 Å². The second kappa shape index (κ2) is 8.79. The molecule has 0 saturated heterocycles. The molecule has 122 valence electrons. The highest BCUT2D eigenvalue weighted by Crippen LogP contribution is 2.30. The van der Waals surface area contributed by atoms with E-state index in [1.54, 1.807) is 7.11 Å². The van der Waals surface area contributed by atoms with Gasteiger partial charge in [-0.15, -0.1) is 0 Å². The molecule has 1 atom stereocenters. The van der Waals surface area contributed by atoms with Gasteiger partial charge >= 0.3 is 0 Å². The number of nitrogens with two attached hydrogens (primary N) is 1. The van der Waals surface area contributed by atoms with Gasteiger partial charge in [-0.3, -0.25) is 0 Å². The van der Waals surface area contributed by atoms with Crippen molar-refractivity contribution in [3.63, 3.8) is 0 Å². The first-order valence-corrected chi connectivity index (χ1v) is 8.33. The predicted molar refractivity (Wildman–Crippen MR) is 90.1 cm³/mol. The van der Waals surface area contributed by atoms with Gasteiger partial charge in [0, 0.05) is 30.3 Å². The van der Waals surface area contributed by atoms with Gasteiger partial charge in [-0.25, -0.2) is 0 Å². The Bertz CT molecular complexity index is 470. The first kappa shape index (κ1) is 16.8. The van der Waals surface area contributed by atoms with Crippen molar-refractivity contribution in [1.82, 2.24) is 0 Å². The Morgan fingerprint density at radius 2 is 2.18 bits per heavy atom. The summed E-state index contributed by atoms with van der Waals surface area (Å²) in [7, 11) is 1.65. The van der Waals surface area contributed by atoms with Crippen molar-refractivity contribution >= 4 is 12.0 Å². The fourth-order valence-corrected chi connectivity index (χ4v) is 3.34. The van der Waals surface area contributed by atoms with Crippen LogP contribution in [-0.4, -0.2) is 19.9 Å². The summed E-state index contributed by atoms with van der Waals surface area (Å²) in [5, 5.41) is 3.37. The number of hydrogen-bond acceptors (Lipinski definition) is 4. The molecule has 1 fully saturated rings. The van der Waals surface area contributed by atoms with Crippen LogP contribution in [0.1, 0.15) is 44.1 Å². The SMILES string of the molecule is COc1cccc(NCC(C=O)CCC2CCCC2)c1CN. The maximum absolute atomic E-state index is 11.3. The summed E-state index contributed by atoms with van der Waals surface area (Å²) in [6, 6.07) is 5.84. The molecule has 0 aromatic heterocycles. The van der Waals surface area contributed by atoms with E-state index in [4.69, 9.17) is 10.5 Å². The van der Waals surface area contributed by atoms with Gasteiger partial charge in [-0.05, 0) is 30.9 Å². The normalized spacial score (nSPS) is 16.5. The minimum atomic E-state index is 0.0671. The van der Waals surface area contributed by atoms with Gasteiger partial charge in [0.05, 0.1) is 7.11 Å². The van der Waals surface area contributed by atoms with Crippen molar-refractivity contribution in [2.24, 2.45) is 17.6 Å². The van der Waals surface area contributed by atoms with Crippen LogP contribution in [0.3, 0.4) is 0 Å². The molecule has 1 aliphatic rings. The number of aldehydes is 1. The summed E-state index contributed by atoms with van der Waals surface area (Å²) in [5.41, 5.74) is 7.75. The molecule has 0 spiro atoms. The van der Waals surface area contributed by atoms with Gasteiger partial charge in [0.15, 0.2) is 0 Å². The zero-order valence-electron chi connectivity index (χ0n) is 13.5. The Kier molecular flexibility index (Phi) is 6.72. The molecule has 22 heavy (non-hydrogen) atoms. The number of carbonyl (C=O) groups excluding carboxylic acids is 1. The Morgan fingerprint density at radius 3 is 2.82 bits per heavy atom. The number of benzene rings is 1. The van der Waals surface area contributed by atoms with Crippen molar-refractivity contribution in [3.05, 3.63) is 23.8 Å². The third kappa shape index (κ3) is 4.47. The van der Waals surface area contributed by atoms with Crippen LogP contribution in [0, 0.1) is 11.8 Å². The lowest BCUT2D eigenvalue weighted by molar-refractivity contribution is -0.111. The molecule has 4 heteroatoms. The number of ether oxygens (including phenoxy) is 1.